The quantitative estimate of drug-likeness (QED) is 0.798. The van der Waals surface area contributed by atoms with Crippen LogP contribution in [0, 0.1) is 0 Å². The molecule has 0 amide bonds. The Hall–Kier alpha value is -1.87. The van der Waals surface area contributed by atoms with E-state index in [1.807, 2.05) is 48.7 Å². The molecule has 2 aromatic rings. The molecule has 0 aliphatic carbocycles. The predicted octanol–water partition coefficient (Wildman–Crippen LogP) is 4.65. The van der Waals surface area contributed by atoms with Gasteiger partial charge in [0.25, 0.3) is 0 Å². The topological polar surface area (TPSA) is 20.3 Å². The minimum Gasteiger partial charge on any atom is -0.369 e. The van der Waals surface area contributed by atoms with Crippen LogP contribution in [0.5, 0.6) is 0 Å². The fraction of sp³-hybridized carbons (Fsp3) is 0.211. The van der Waals surface area contributed by atoms with E-state index in [0.29, 0.717) is 6.42 Å². The molecule has 2 nitrogen and oxygen atoms in total. The van der Waals surface area contributed by atoms with Crippen molar-refractivity contribution in [2.45, 2.75) is 25.9 Å². The summed E-state index contributed by atoms with van der Waals surface area (Å²) in [5.74, 6) is 0.224. The van der Waals surface area contributed by atoms with E-state index < -0.39 is 0 Å². The van der Waals surface area contributed by atoms with Gasteiger partial charge in [-0.3, -0.25) is 4.79 Å². The highest BCUT2D eigenvalue weighted by molar-refractivity contribution is 9.10. The van der Waals surface area contributed by atoms with Gasteiger partial charge < -0.3 is 4.90 Å². The van der Waals surface area contributed by atoms with Gasteiger partial charge in [-0.2, -0.15) is 0 Å². The fourth-order valence-corrected chi connectivity index (χ4v) is 3.15. The van der Waals surface area contributed by atoms with Crippen molar-refractivity contribution in [2.75, 3.05) is 0 Å². The van der Waals surface area contributed by atoms with Crippen molar-refractivity contribution >= 4 is 27.3 Å². The molecule has 0 spiro atoms. The van der Waals surface area contributed by atoms with Crippen molar-refractivity contribution < 1.29 is 4.79 Å². The number of nitrogens with zero attached hydrogens (tertiary/aromatic N) is 1. The summed E-state index contributed by atoms with van der Waals surface area (Å²) in [5, 5.41) is 0. The first-order chi connectivity index (χ1) is 10.6. The number of rotatable bonds is 3. The molecule has 1 unspecified atom stereocenters. The third-order valence-electron chi connectivity index (χ3n) is 4.04. The summed E-state index contributed by atoms with van der Waals surface area (Å²) in [7, 11) is 0. The number of benzene rings is 2. The molecular formula is C19H18BrNO. The third kappa shape index (κ3) is 3.14. The summed E-state index contributed by atoms with van der Waals surface area (Å²) in [6.07, 6.45) is 2.58. The number of hydrogen-bond acceptors (Lipinski definition) is 2. The summed E-state index contributed by atoms with van der Waals surface area (Å²) < 4.78 is 1.11. The van der Waals surface area contributed by atoms with E-state index in [0.717, 1.165) is 22.2 Å². The second kappa shape index (κ2) is 6.49. The zero-order chi connectivity index (χ0) is 15.5. The molecule has 2 aromatic carbocycles. The number of carbonyl (C=O) groups is 1. The predicted molar refractivity (Wildman–Crippen MR) is 93.2 cm³/mol. The van der Waals surface area contributed by atoms with Gasteiger partial charge in [-0.1, -0.05) is 64.5 Å². The average molecular weight is 356 g/mol. The summed E-state index contributed by atoms with van der Waals surface area (Å²) in [6, 6.07) is 18.3. The monoisotopic (exact) mass is 355 g/mol. The van der Waals surface area contributed by atoms with Gasteiger partial charge in [0.05, 0.1) is 0 Å². The molecule has 0 saturated heterocycles. The highest BCUT2D eigenvalue weighted by atomic mass is 79.9. The van der Waals surface area contributed by atoms with Crippen molar-refractivity contribution in [3.05, 3.63) is 76.4 Å². The maximum atomic E-state index is 12.4. The van der Waals surface area contributed by atoms with Gasteiger partial charge in [0.15, 0.2) is 5.78 Å². The van der Waals surface area contributed by atoms with Crippen molar-refractivity contribution in [1.82, 2.24) is 4.90 Å². The first-order valence-electron chi connectivity index (χ1n) is 7.45. The number of ketones is 1. The van der Waals surface area contributed by atoms with E-state index >= 15 is 0 Å². The Labute approximate surface area is 139 Å². The van der Waals surface area contributed by atoms with Crippen LogP contribution >= 0.6 is 15.9 Å². The van der Waals surface area contributed by atoms with Crippen molar-refractivity contribution in [2.24, 2.45) is 0 Å². The summed E-state index contributed by atoms with van der Waals surface area (Å²) >= 11 is 3.60. The van der Waals surface area contributed by atoms with Gasteiger partial charge in [0.2, 0.25) is 0 Å². The van der Waals surface area contributed by atoms with Gasteiger partial charge in [-0.25, -0.2) is 0 Å². The standard InChI is InChI=1S/C19H18BrNO/c1-14-11-19(22)17(15-7-3-2-4-8-15)13-21(14)12-16-9-5-6-10-18(16)20/h2-10,13-14H,11-12H2,1H3. The van der Waals surface area contributed by atoms with Crippen molar-refractivity contribution in [3.8, 4) is 0 Å². The number of halogens is 1. The second-order valence-electron chi connectivity index (χ2n) is 5.65. The van der Waals surface area contributed by atoms with E-state index in [-0.39, 0.29) is 11.8 Å². The van der Waals surface area contributed by atoms with Crippen LogP contribution < -0.4 is 0 Å². The molecule has 112 valence electrons. The lowest BCUT2D eigenvalue weighted by molar-refractivity contribution is -0.115. The van der Waals surface area contributed by atoms with Crippen LogP contribution in [0.15, 0.2) is 65.3 Å². The molecule has 1 aliphatic rings. The molecule has 0 aromatic heterocycles. The number of hydrogen-bond donors (Lipinski definition) is 0. The molecular weight excluding hydrogens is 338 g/mol. The molecule has 3 heteroatoms. The molecule has 3 rings (SSSR count). The van der Waals surface area contributed by atoms with E-state index in [1.165, 1.54) is 5.56 Å². The molecule has 22 heavy (non-hydrogen) atoms. The van der Waals surface area contributed by atoms with Crippen molar-refractivity contribution in [1.29, 1.82) is 0 Å². The third-order valence-corrected chi connectivity index (χ3v) is 4.81. The molecule has 1 heterocycles. The van der Waals surface area contributed by atoms with Crippen LogP contribution in [-0.4, -0.2) is 16.7 Å². The van der Waals surface area contributed by atoms with Gasteiger partial charge in [0.1, 0.15) is 0 Å². The van der Waals surface area contributed by atoms with Gasteiger partial charge in [-0.15, -0.1) is 0 Å². The average Bonchev–Trinajstić information content (AvgIpc) is 2.53. The first-order valence-corrected chi connectivity index (χ1v) is 8.24. The van der Waals surface area contributed by atoms with Crippen LogP contribution in [0.1, 0.15) is 24.5 Å². The van der Waals surface area contributed by atoms with E-state index in [4.69, 9.17) is 0 Å². The van der Waals surface area contributed by atoms with E-state index in [9.17, 15) is 4.79 Å². The Morgan fingerprint density at radius 2 is 1.77 bits per heavy atom. The Balaban J connectivity index is 1.92. The van der Waals surface area contributed by atoms with Crippen LogP contribution in [0.3, 0.4) is 0 Å². The van der Waals surface area contributed by atoms with Gasteiger partial charge in [-0.05, 0) is 24.1 Å². The Morgan fingerprint density at radius 1 is 1.09 bits per heavy atom. The maximum absolute atomic E-state index is 12.4. The maximum Gasteiger partial charge on any atom is 0.166 e. The molecule has 1 aliphatic heterocycles. The molecule has 0 fully saturated rings. The highest BCUT2D eigenvalue weighted by Gasteiger charge is 2.25. The number of allylic oxidation sites excluding steroid dienone is 1. The minimum absolute atomic E-state index is 0.215. The Morgan fingerprint density at radius 3 is 2.50 bits per heavy atom. The summed E-state index contributed by atoms with van der Waals surface area (Å²) in [4.78, 5) is 14.6. The summed E-state index contributed by atoms with van der Waals surface area (Å²) in [5.41, 5.74) is 3.04. The molecule has 1 atom stereocenters. The Kier molecular flexibility index (Phi) is 4.44. The first kappa shape index (κ1) is 15.0. The lowest BCUT2D eigenvalue weighted by Gasteiger charge is -2.33. The zero-order valence-electron chi connectivity index (χ0n) is 12.5. The van der Waals surface area contributed by atoms with Gasteiger partial charge in [0, 0.05) is 35.3 Å². The van der Waals surface area contributed by atoms with Crippen LogP contribution in [0.2, 0.25) is 0 Å². The van der Waals surface area contributed by atoms with Gasteiger partial charge >= 0.3 is 0 Å². The SMILES string of the molecule is CC1CC(=O)C(c2ccccc2)=CN1Cc1ccccc1Br. The second-order valence-corrected chi connectivity index (χ2v) is 6.50. The minimum atomic E-state index is 0.215. The van der Waals surface area contributed by atoms with E-state index in [1.54, 1.807) is 0 Å². The number of Topliss-reactive ketones (excluding diaryl/α,β-unsaturated/α-hetero) is 1. The lowest BCUT2D eigenvalue weighted by Crippen LogP contribution is -2.34. The Bertz CT molecular complexity index is 708. The zero-order valence-corrected chi connectivity index (χ0v) is 14.1. The normalized spacial score (nSPS) is 18.3. The molecule has 0 saturated carbocycles. The number of carbonyl (C=O) groups excluding carboxylic acids is 1. The summed E-state index contributed by atoms with van der Waals surface area (Å²) in [6.45, 7) is 2.90. The fourth-order valence-electron chi connectivity index (χ4n) is 2.74. The molecule has 0 radical (unpaired) electrons. The van der Waals surface area contributed by atoms with Crippen LogP contribution in [0.25, 0.3) is 5.57 Å². The van der Waals surface area contributed by atoms with E-state index in [2.05, 4.69) is 39.9 Å². The largest absolute Gasteiger partial charge is 0.369 e. The van der Waals surface area contributed by atoms with Crippen LogP contribution in [0.4, 0.5) is 0 Å². The van der Waals surface area contributed by atoms with Crippen LogP contribution in [-0.2, 0) is 11.3 Å². The van der Waals surface area contributed by atoms with Crippen molar-refractivity contribution in [3.63, 3.8) is 0 Å². The molecule has 0 N–H and O–H groups in total. The lowest BCUT2D eigenvalue weighted by atomic mass is 9.94. The smallest absolute Gasteiger partial charge is 0.166 e. The highest BCUT2D eigenvalue weighted by Crippen LogP contribution is 2.28. The molecule has 0 bridgehead atoms.